The summed E-state index contributed by atoms with van der Waals surface area (Å²) in [7, 11) is -4.10. The first kappa shape index (κ1) is 14.5. The molecule has 1 fully saturated rings. The van der Waals surface area contributed by atoms with Crippen LogP contribution in [-0.4, -0.2) is 26.0 Å². The van der Waals surface area contributed by atoms with Crippen LogP contribution in [0.5, 0.6) is 0 Å². The van der Waals surface area contributed by atoms with Crippen molar-refractivity contribution in [3.8, 4) is 0 Å². The number of hydrogen-bond acceptors (Lipinski definition) is 4. The first-order valence-corrected chi connectivity index (χ1v) is 8.30. The lowest BCUT2D eigenvalue weighted by Gasteiger charge is -2.14. The third kappa shape index (κ3) is 3.01. The molecule has 0 radical (unpaired) electrons. The minimum atomic E-state index is -4.10. The molecule has 1 aromatic rings. The number of nitrogens with one attached hydrogen (secondary N) is 1. The lowest BCUT2D eigenvalue weighted by Crippen LogP contribution is -2.32. The van der Waals surface area contributed by atoms with Crippen molar-refractivity contribution >= 4 is 27.5 Å². The average Bonchev–Trinajstić information content (AvgIpc) is 3.12. The normalized spacial score (nSPS) is 17.4. The lowest BCUT2D eigenvalue weighted by atomic mass is 10.3. The van der Waals surface area contributed by atoms with Gasteiger partial charge in [-0.1, -0.05) is 0 Å². The van der Waals surface area contributed by atoms with Crippen LogP contribution in [0.15, 0.2) is 17.0 Å². The summed E-state index contributed by atoms with van der Waals surface area (Å²) in [5.41, 5.74) is 5.21. The first-order chi connectivity index (χ1) is 8.80. The van der Waals surface area contributed by atoms with E-state index in [1.807, 2.05) is 6.26 Å². The van der Waals surface area contributed by atoms with Crippen LogP contribution < -0.4 is 10.5 Å². The summed E-state index contributed by atoms with van der Waals surface area (Å²) >= 11 is 1.57. The van der Waals surface area contributed by atoms with Gasteiger partial charge in [0.05, 0.1) is 0 Å². The van der Waals surface area contributed by atoms with E-state index < -0.39 is 26.6 Å². The number of nitrogen functional groups attached to an aromatic ring is 1. The van der Waals surface area contributed by atoms with Crippen LogP contribution in [0.3, 0.4) is 0 Å². The van der Waals surface area contributed by atoms with Crippen molar-refractivity contribution < 1.29 is 17.2 Å². The van der Waals surface area contributed by atoms with Gasteiger partial charge in [-0.3, -0.25) is 0 Å². The van der Waals surface area contributed by atoms with E-state index in [2.05, 4.69) is 4.72 Å². The number of anilines is 1. The molecule has 2 rings (SSSR count). The minimum absolute atomic E-state index is 0.109. The molecule has 3 N–H and O–H groups in total. The Morgan fingerprint density at radius 3 is 2.58 bits per heavy atom. The maximum Gasteiger partial charge on any atom is 0.243 e. The van der Waals surface area contributed by atoms with E-state index in [1.165, 1.54) is 0 Å². The van der Waals surface area contributed by atoms with E-state index in [0.29, 0.717) is 0 Å². The molecule has 0 spiro atoms. The standard InChI is InChI=1S/C11H14F2N2O2S2/c1-18-11(2-3-11)6-15-19(16,17)9-5-7(14)4-8(12)10(9)13/h4-5,15H,2-3,6,14H2,1H3. The number of rotatable bonds is 5. The molecule has 0 bridgehead atoms. The molecule has 1 aliphatic rings. The molecular formula is C11H14F2N2O2S2. The van der Waals surface area contributed by atoms with Gasteiger partial charge in [-0.15, -0.1) is 0 Å². The highest BCUT2D eigenvalue weighted by Gasteiger charge is 2.42. The Morgan fingerprint density at radius 1 is 1.42 bits per heavy atom. The molecule has 0 unspecified atom stereocenters. The van der Waals surface area contributed by atoms with Gasteiger partial charge in [0.25, 0.3) is 0 Å². The number of hydrogen-bond donors (Lipinski definition) is 2. The SMILES string of the molecule is CSC1(CNS(=O)(=O)c2cc(N)cc(F)c2F)CC1. The maximum atomic E-state index is 13.5. The van der Waals surface area contributed by atoms with E-state index in [9.17, 15) is 17.2 Å². The summed E-state index contributed by atoms with van der Waals surface area (Å²) in [6.45, 7) is 0.201. The molecule has 0 aromatic heterocycles. The van der Waals surface area contributed by atoms with Crippen molar-refractivity contribution in [3.05, 3.63) is 23.8 Å². The largest absolute Gasteiger partial charge is 0.399 e. The molecule has 4 nitrogen and oxygen atoms in total. The highest BCUT2D eigenvalue weighted by Crippen LogP contribution is 2.46. The molecule has 1 aromatic carbocycles. The van der Waals surface area contributed by atoms with Gasteiger partial charge in [-0.05, 0) is 31.2 Å². The fourth-order valence-corrected chi connectivity index (χ4v) is 3.74. The van der Waals surface area contributed by atoms with Crippen molar-refractivity contribution in [3.63, 3.8) is 0 Å². The Hall–Kier alpha value is -0.860. The summed E-state index contributed by atoms with van der Waals surface area (Å²) in [6.07, 6.45) is 3.71. The van der Waals surface area contributed by atoms with Crippen molar-refractivity contribution in [2.75, 3.05) is 18.5 Å². The number of benzene rings is 1. The Balaban J connectivity index is 2.25. The lowest BCUT2D eigenvalue weighted by molar-refractivity contribution is 0.483. The zero-order valence-electron chi connectivity index (χ0n) is 10.2. The zero-order chi connectivity index (χ0) is 14.3. The second kappa shape index (κ2) is 4.92. The zero-order valence-corrected chi connectivity index (χ0v) is 11.9. The van der Waals surface area contributed by atoms with E-state index in [-0.39, 0.29) is 17.0 Å². The predicted octanol–water partition coefficient (Wildman–Crippen LogP) is 1.72. The molecule has 19 heavy (non-hydrogen) atoms. The quantitative estimate of drug-likeness (QED) is 0.813. The summed E-state index contributed by atoms with van der Waals surface area (Å²) in [6, 6.07) is 1.66. The molecule has 0 heterocycles. The third-order valence-corrected chi connectivity index (χ3v) is 5.95. The minimum Gasteiger partial charge on any atom is -0.399 e. The van der Waals surface area contributed by atoms with Crippen LogP contribution in [0.4, 0.5) is 14.5 Å². The molecular weight excluding hydrogens is 294 g/mol. The highest BCUT2D eigenvalue weighted by atomic mass is 32.2. The fraction of sp³-hybridized carbons (Fsp3) is 0.455. The van der Waals surface area contributed by atoms with Gasteiger partial charge in [0.15, 0.2) is 11.6 Å². The van der Waals surface area contributed by atoms with Crippen LogP contribution >= 0.6 is 11.8 Å². The second-order valence-electron chi connectivity index (χ2n) is 4.53. The Morgan fingerprint density at radius 2 is 2.05 bits per heavy atom. The smallest absolute Gasteiger partial charge is 0.243 e. The molecule has 8 heteroatoms. The van der Waals surface area contributed by atoms with Gasteiger partial charge in [-0.25, -0.2) is 21.9 Å². The number of halogens is 2. The van der Waals surface area contributed by atoms with Gasteiger partial charge >= 0.3 is 0 Å². The van der Waals surface area contributed by atoms with Crippen molar-refractivity contribution in [1.29, 1.82) is 0 Å². The first-order valence-electron chi connectivity index (χ1n) is 5.59. The molecule has 0 aliphatic heterocycles. The summed E-state index contributed by atoms with van der Waals surface area (Å²) < 4.78 is 52.8. The molecule has 1 saturated carbocycles. The van der Waals surface area contributed by atoms with Crippen LogP contribution in [0.1, 0.15) is 12.8 Å². The van der Waals surface area contributed by atoms with Crippen LogP contribution in [-0.2, 0) is 10.0 Å². The van der Waals surface area contributed by atoms with Gasteiger partial charge in [0, 0.05) is 17.0 Å². The molecule has 0 amide bonds. The van der Waals surface area contributed by atoms with Crippen LogP contribution in [0.25, 0.3) is 0 Å². The third-order valence-electron chi connectivity index (χ3n) is 3.13. The number of thioether (sulfide) groups is 1. The molecule has 0 atom stereocenters. The average molecular weight is 308 g/mol. The van der Waals surface area contributed by atoms with Crippen molar-refractivity contribution in [2.24, 2.45) is 0 Å². The van der Waals surface area contributed by atoms with Crippen LogP contribution in [0, 0.1) is 11.6 Å². The Labute approximate surface area is 114 Å². The van der Waals surface area contributed by atoms with Crippen LogP contribution in [0.2, 0.25) is 0 Å². The molecule has 106 valence electrons. The van der Waals surface area contributed by atoms with E-state index in [4.69, 9.17) is 5.73 Å². The summed E-state index contributed by atoms with van der Waals surface area (Å²) in [5, 5.41) is 0. The van der Waals surface area contributed by atoms with Crippen molar-refractivity contribution in [2.45, 2.75) is 22.5 Å². The maximum absolute atomic E-state index is 13.5. The second-order valence-corrected chi connectivity index (χ2v) is 7.54. The van der Waals surface area contributed by atoms with Gasteiger partial charge < -0.3 is 5.73 Å². The van der Waals surface area contributed by atoms with Gasteiger partial charge in [-0.2, -0.15) is 11.8 Å². The predicted molar refractivity (Wildman–Crippen MR) is 71.4 cm³/mol. The molecule has 1 aliphatic carbocycles. The summed E-state index contributed by atoms with van der Waals surface area (Å²) in [4.78, 5) is -0.748. The van der Waals surface area contributed by atoms with Gasteiger partial charge in [0.2, 0.25) is 10.0 Å². The molecule has 0 saturated heterocycles. The topological polar surface area (TPSA) is 72.2 Å². The van der Waals surface area contributed by atoms with E-state index >= 15 is 0 Å². The number of sulfonamides is 1. The Bertz CT molecular complexity index is 601. The van der Waals surface area contributed by atoms with Gasteiger partial charge in [0.1, 0.15) is 4.90 Å². The highest BCUT2D eigenvalue weighted by molar-refractivity contribution is 8.00. The number of nitrogens with two attached hydrogens (primary N) is 1. The Kier molecular flexibility index (Phi) is 3.76. The van der Waals surface area contributed by atoms with Crippen molar-refractivity contribution in [1.82, 2.24) is 4.72 Å². The monoisotopic (exact) mass is 308 g/mol. The van der Waals surface area contributed by atoms with E-state index in [0.717, 1.165) is 25.0 Å². The fourth-order valence-electron chi connectivity index (χ4n) is 1.68. The van der Waals surface area contributed by atoms with E-state index in [1.54, 1.807) is 11.8 Å². The summed E-state index contributed by atoms with van der Waals surface area (Å²) in [5.74, 6) is -2.68.